The number of aromatic nitrogens is 2. The zero-order valence-corrected chi connectivity index (χ0v) is 18.1. The molecule has 2 N–H and O–H groups in total. The first kappa shape index (κ1) is 21.3. The van der Waals surface area contributed by atoms with Gasteiger partial charge in [-0.1, -0.05) is 25.8 Å². The number of benzene rings is 1. The number of Topliss-reactive ketones (excluding diaryl/α,β-unsaturated/α-hetero) is 1. The zero-order chi connectivity index (χ0) is 21.8. The summed E-state index contributed by atoms with van der Waals surface area (Å²) in [4.78, 5) is 19.5. The number of allylic oxidation sites excluding steroid dienone is 1. The summed E-state index contributed by atoms with van der Waals surface area (Å²) in [6.45, 7) is 6.02. The van der Waals surface area contributed by atoms with Crippen LogP contribution in [0.2, 0.25) is 0 Å². The molecule has 4 rings (SSSR count). The third-order valence-electron chi connectivity index (χ3n) is 6.53. The van der Waals surface area contributed by atoms with E-state index in [9.17, 15) is 9.18 Å². The largest absolute Gasteiger partial charge is 0.360 e. The number of ketones is 1. The van der Waals surface area contributed by atoms with Crippen LogP contribution in [0.4, 0.5) is 10.2 Å². The first-order chi connectivity index (χ1) is 15.0. The molecule has 1 aliphatic rings. The second-order valence-electron chi connectivity index (χ2n) is 8.69. The number of rotatable bonds is 5. The van der Waals surface area contributed by atoms with Gasteiger partial charge in [-0.2, -0.15) is 0 Å². The van der Waals surface area contributed by atoms with Crippen molar-refractivity contribution >= 4 is 22.5 Å². The summed E-state index contributed by atoms with van der Waals surface area (Å²) in [7, 11) is 0. The van der Waals surface area contributed by atoms with E-state index in [0.29, 0.717) is 11.7 Å². The van der Waals surface area contributed by atoms with Crippen molar-refractivity contribution in [3.63, 3.8) is 0 Å². The third-order valence-corrected chi connectivity index (χ3v) is 6.53. The van der Waals surface area contributed by atoms with E-state index in [-0.39, 0.29) is 11.7 Å². The van der Waals surface area contributed by atoms with Crippen LogP contribution in [0, 0.1) is 17.7 Å². The van der Waals surface area contributed by atoms with Gasteiger partial charge in [0, 0.05) is 46.0 Å². The Hall–Kier alpha value is -2.95. The van der Waals surface area contributed by atoms with E-state index in [4.69, 9.17) is 0 Å². The van der Waals surface area contributed by atoms with Gasteiger partial charge in [0.15, 0.2) is 0 Å². The van der Waals surface area contributed by atoms with E-state index in [1.165, 1.54) is 12.1 Å². The molecular weight excluding hydrogens is 389 g/mol. The van der Waals surface area contributed by atoms with Gasteiger partial charge < -0.3 is 10.3 Å². The molecule has 2 heterocycles. The van der Waals surface area contributed by atoms with Crippen molar-refractivity contribution < 1.29 is 9.18 Å². The normalized spacial score (nSPS) is 19.9. The van der Waals surface area contributed by atoms with E-state index in [1.807, 2.05) is 24.5 Å². The van der Waals surface area contributed by atoms with Crippen LogP contribution in [-0.2, 0) is 4.79 Å². The summed E-state index contributed by atoms with van der Waals surface area (Å²) in [5, 5.41) is 4.38. The fourth-order valence-electron chi connectivity index (χ4n) is 4.67. The number of aromatic amines is 1. The maximum atomic E-state index is 13.4. The highest BCUT2D eigenvalue weighted by Gasteiger charge is 2.20. The number of hydrogen-bond acceptors (Lipinski definition) is 3. The molecule has 0 radical (unpaired) electrons. The quantitative estimate of drug-likeness (QED) is 0.475. The maximum Gasteiger partial charge on any atom is 0.132 e. The van der Waals surface area contributed by atoms with Gasteiger partial charge in [0.2, 0.25) is 0 Å². The number of fused-ring (bicyclic) bond motifs is 1. The third kappa shape index (κ3) is 5.04. The number of anilines is 1. The van der Waals surface area contributed by atoms with Gasteiger partial charge in [-0.3, -0.25) is 4.79 Å². The smallest absolute Gasteiger partial charge is 0.132 e. The van der Waals surface area contributed by atoms with Crippen LogP contribution in [0.5, 0.6) is 0 Å². The number of hydrogen-bond donors (Lipinski definition) is 2. The molecule has 1 saturated carbocycles. The van der Waals surface area contributed by atoms with Gasteiger partial charge in [0.05, 0.1) is 0 Å². The van der Waals surface area contributed by atoms with E-state index < -0.39 is 0 Å². The molecule has 0 saturated heterocycles. The molecule has 5 heteroatoms. The molecule has 31 heavy (non-hydrogen) atoms. The van der Waals surface area contributed by atoms with Gasteiger partial charge in [-0.05, 0) is 68.9 Å². The lowest BCUT2D eigenvalue weighted by Gasteiger charge is -2.20. The number of carbonyl (C=O) groups excluding carboxylic acids is 1. The molecule has 162 valence electrons. The standard InChI is InChI=1S/C26H30FN3O/c1-17(19-6-3-4-7-20(18(2)31)9-5-8-19)30-26-13-10-21(15-29-26)24-16-28-25-14-22(27)11-12-23(24)25/h10-16,19-20,28H,1,3-9H2,2H3,(H,29,30). The molecule has 0 amide bonds. The second-order valence-corrected chi connectivity index (χ2v) is 8.69. The minimum absolute atomic E-state index is 0.232. The Kier molecular flexibility index (Phi) is 6.50. The minimum atomic E-state index is -0.251. The van der Waals surface area contributed by atoms with Crippen molar-refractivity contribution in [2.24, 2.45) is 11.8 Å². The summed E-state index contributed by atoms with van der Waals surface area (Å²) in [6.07, 6.45) is 11.2. The fourth-order valence-corrected chi connectivity index (χ4v) is 4.67. The number of pyridine rings is 1. The number of carbonyl (C=O) groups is 1. The van der Waals surface area contributed by atoms with Crippen molar-refractivity contribution in [1.29, 1.82) is 0 Å². The van der Waals surface area contributed by atoms with Crippen LogP contribution in [0.15, 0.2) is 55.0 Å². The van der Waals surface area contributed by atoms with Crippen LogP contribution in [-0.4, -0.2) is 15.8 Å². The maximum absolute atomic E-state index is 13.4. The molecule has 0 aliphatic heterocycles. The number of nitrogens with one attached hydrogen (secondary N) is 2. The van der Waals surface area contributed by atoms with Crippen molar-refractivity contribution in [2.75, 3.05) is 5.32 Å². The second kappa shape index (κ2) is 9.46. The summed E-state index contributed by atoms with van der Waals surface area (Å²) in [6, 6.07) is 8.75. The predicted molar refractivity (Wildman–Crippen MR) is 124 cm³/mol. The number of H-pyrrole nitrogens is 1. The van der Waals surface area contributed by atoms with Crippen molar-refractivity contribution in [3.05, 3.63) is 60.8 Å². The zero-order valence-electron chi connectivity index (χ0n) is 18.1. The van der Waals surface area contributed by atoms with Crippen molar-refractivity contribution in [2.45, 2.75) is 51.9 Å². The Morgan fingerprint density at radius 2 is 1.84 bits per heavy atom. The predicted octanol–water partition coefficient (Wildman–Crippen LogP) is 6.86. The van der Waals surface area contributed by atoms with Crippen LogP contribution >= 0.6 is 0 Å². The SMILES string of the molecule is C=C(Nc1ccc(-c2c[nH]c3cc(F)ccc23)cn1)C1CCCCC(C(C)=O)CCC1. The van der Waals surface area contributed by atoms with Gasteiger partial charge in [-0.25, -0.2) is 9.37 Å². The Morgan fingerprint density at radius 3 is 2.58 bits per heavy atom. The Labute approximate surface area is 183 Å². The van der Waals surface area contributed by atoms with Gasteiger partial charge in [0.25, 0.3) is 0 Å². The Balaban J connectivity index is 1.41. The highest BCUT2D eigenvalue weighted by Crippen LogP contribution is 2.31. The molecule has 2 unspecified atom stereocenters. The average molecular weight is 420 g/mol. The van der Waals surface area contributed by atoms with Gasteiger partial charge in [0.1, 0.15) is 17.4 Å². The van der Waals surface area contributed by atoms with Gasteiger partial charge in [-0.15, -0.1) is 0 Å². The lowest BCUT2D eigenvalue weighted by atomic mass is 9.92. The van der Waals surface area contributed by atoms with Crippen LogP contribution < -0.4 is 5.32 Å². The summed E-state index contributed by atoms with van der Waals surface area (Å²) < 4.78 is 13.4. The van der Waals surface area contributed by atoms with Crippen LogP contribution in [0.25, 0.3) is 22.0 Å². The fraction of sp³-hybridized carbons (Fsp3) is 0.385. The topological polar surface area (TPSA) is 57.8 Å². The molecule has 0 bridgehead atoms. The van der Waals surface area contributed by atoms with E-state index in [1.54, 1.807) is 13.0 Å². The van der Waals surface area contributed by atoms with Crippen molar-refractivity contribution in [3.8, 4) is 11.1 Å². The van der Waals surface area contributed by atoms with Crippen molar-refractivity contribution in [1.82, 2.24) is 9.97 Å². The molecule has 0 spiro atoms. The van der Waals surface area contributed by atoms with E-state index >= 15 is 0 Å². The van der Waals surface area contributed by atoms with E-state index in [2.05, 4.69) is 21.9 Å². The number of halogens is 1. The molecular formula is C26H30FN3O. The molecule has 1 aliphatic carbocycles. The highest BCUT2D eigenvalue weighted by molar-refractivity contribution is 5.95. The minimum Gasteiger partial charge on any atom is -0.360 e. The lowest BCUT2D eigenvalue weighted by Crippen LogP contribution is -2.12. The van der Waals surface area contributed by atoms with Gasteiger partial charge >= 0.3 is 0 Å². The Bertz CT molecular complexity index is 1070. The molecule has 3 aromatic rings. The summed E-state index contributed by atoms with van der Waals surface area (Å²) in [5.74, 6) is 1.49. The highest BCUT2D eigenvalue weighted by atomic mass is 19.1. The molecule has 2 aromatic heterocycles. The van der Waals surface area contributed by atoms with E-state index in [0.717, 1.165) is 78.5 Å². The van der Waals surface area contributed by atoms with Crippen LogP contribution in [0.1, 0.15) is 51.9 Å². The number of nitrogens with zero attached hydrogens (tertiary/aromatic N) is 1. The average Bonchev–Trinajstić information content (AvgIpc) is 3.21. The Morgan fingerprint density at radius 1 is 1.10 bits per heavy atom. The summed E-state index contributed by atoms with van der Waals surface area (Å²) >= 11 is 0. The lowest BCUT2D eigenvalue weighted by molar-refractivity contribution is -0.121. The first-order valence-corrected chi connectivity index (χ1v) is 11.2. The molecule has 2 atom stereocenters. The van der Waals surface area contributed by atoms with Crippen LogP contribution in [0.3, 0.4) is 0 Å². The molecule has 1 aromatic carbocycles. The first-order valence-electron chi connectivity index (χ1n) is 11.2. The molecule has 1 fully saturated rings. The summed E-state index contributed by atoms with van der Waals surface area (Å²) in [5.41, 5.74) is 3.76. The molecule has 4 nitrogen and oxygen atoms in total. The monoisotopic (exact) mass is 419 g/mol.